The van der Waals surface area contributed by atoms with E-state index in [0.29, 0.717) is 26.2 Å². The van der Waals surface area contributed by atoms with Crippen molar-refractivity contribution < 1.29 is 14.3 Å². The lowest BCUT2D eigenvalue weighted by Crippen LogP contribution is -2.40. The van der Waals surface area contributed by atoms with Crippen molar-refractivity contribution in [1.29, 1.82) is 0 Å². The smallest absolute Gasteiger partial charge is 0.249 e. The van der Waals surface area contributed by atoms with Crippen molar-refractivity contribution in [1.82, 2.24) is 15.2 Å². The zero-order valence-electron chi connectivity index (χ0n) is 12.2. The van der Waals surface area contributed by atoms with E-state index < -0.39 is 0 Å². The quantitative estimate of drug-likeness (QED) is 0.838. The molecule has 114 valence electrons. The van der Waals surface area contributed by atoms with Crippen molar-refractivity contribution in [2.24, 2.45) is 0 Å². The summed E-state index contributed by atoms with van der Waals surface area (Å²) in [7, 11) is 0. The molecule has 0 saturated carbocycles. The molecule has 1 aliphatic heterocycles. The molecule has 1 fully saturated rings. The molecule has 0 bridgehead atoms. The maximum Gasteiger partial charge on any atom is 0.249 e. The van der Waals surface area contributed by atoms with Gasteiger partial charge in [0.1, 0.15) is 6.10 Å². The molecule has 1 atom stereocenters. The van der Waals surface area contributed by atoms with Crippen molar-refractivity contribution in [2.75, 3.05) is 19.7 Å². The first-order valence-electron chi connectivity index (χ1n) is 7.20. The van der Waals surface area contributed by atoms with E-state index in [1.54, 1.807) is 17.3 Å². The number of hydrogen-bond donors (Lipinski definition) is 1. The van der Waals surface area contributed by atoms with Crippen LogP contribution in [0.4, 0.5) is 0 Å². The Morgan fingerprint density at radius 2 is 2.19 bits per heavy atom. The number of carbonyl (C=O) groups excluding carboxylic acids is 2. The number of carbonyl (C=O) groups is 2. The summed E-state index contributed by atoms with van der Waals surface area (Å²) in [5, 5.41) is 2.83. The molecule has 0 aromatic carbocycles. The van der Waals surface area contributed by atoms with Crippen molar-refractivity contribution in [2.45, 2.75) is 32.4 Å². The van der Waals surface area contributed by atoms with E-state index in [2.05, 4.69) is 10.3 Å². The lowest BCUT2D eigenvalue weighted by Gasteiger charge is -2.21. The van der Waals surface area contributed by atoms with Gasteiger partial charge in [0.25, 0.3) is 0 Å². The van der Waals surface area contributed by atoms with E-state index in [-0.39, 0.29) is 17.9 Å². The van der Waals surface area contributed by atoms with Crippen molar-refractivity contribution >= 4 is 11.8 Å². The molecule has 1 unspecified atom stereocenters. The van der Waals surface area contributed by atoms with Gasteiger partial charge >= 0.3 is 0 Å². The molecule has 1 aromatic rings. The van der Waals surface area contributed by atoms with Crippen molar-refractivity contribution in [3.8, 4) is 0 Å². The lowest BCUT2D eigenvalue weighted by atomic mass is 10.2. The minimum Gasteiger partial charge on any atom is -0.368 e. The highest BCUT2D eigenvalue weighted by Gasteiger charge is 2.23. The van der Waals surface area contributed by atoms with Gasteiger partial charge in [0.05, 0.1) is 0 Å². The highest BCUT2D eigenvalue weighted by Crippen LogP contribution is 2.11. The molecular formula is C15H21N3O3. The average molecular weight is 291 g/mol. The molecule has 1 saturated heterocycles. The fourth-order valence-corrected chi connectivity index (χ4v) is 2.27. The van der Waals surface area contributed by atoms with Crippen LogP contribution < -0.4 is 5.32 Å². The molecule has 2 rings (SSSR count). The molecule has 21 heavy (non-hydrogen) atoms. The zero-order chi connectivity index (χ0) is 15.1. The Morgan fingerprint density at radius 1 is 1.43 bits per heavy atom. The maximum absolute atomic E-state index is 11.8. The molecule has 0 spiro atoms. The minimum absolute atomic E-state index is 0.0156. The third kappa shape index (κ3) is 4.82. The van der Waals surface area contributed by atoms with Crippen LogP contribution in [0.25, 0.3) is 0 Å². The van der Waals surface area contributed by atoms with Crippen LogP contribution in [0, 0.1) is 0 Å². The second-order valence-corrected chi connectivity index (χ2v) is 5.09. The highest BCUT2D eigenvalue weighted by atomic mass is 16.5. The van der Waals surface area contributed by atoms with Gasteiger partial charge < -0.3 is 15.0 Å². The van der Waals surface area contributed by atoms with Crippen LogP contribution >= 0.6 is 0 Å². The Labute approximate surface area is 124 Å². The van der Waals surface area contributed by atoms with E-state index in [1.807, 2.05) is 12.1 Å². The fourth-order valence-electron chi connectivity index (χ4n) is 2.27. The summed E-state index contributed by atoms with van der Waals surface area (Å²) in [5.74, 6) is -0.0990. The predicted molar refractivity (Wildman–Crippen MR) is 77.3 cm³/mol. The molecule has 0 radical (unpaired) electrons. The fraction of sp³-hybridized carbons (Fsp3) is 0.533. The van der Waals surface area contributed by atoms with Gasteiger partial charge in [-0.05, 0) is 30.5 Å². The number of nitrogens with zero attached hydrogens (tertiary/aromatic N) is 2. The summed E-state index contributed by atoms with van der Waals surface area (Å²) in [5.41, 5.74) is 1.02. The van der Waals surface area contributed by atoms with Gasteiger partial charge in [-0.25, -0.2) is 0 Å². The van der Waals surface area contributed by atoms with Crippen LogP contribution in [0.15, 0.2) is 24.5 Å². The third-order valence-electron chi connectivity index (χ3n) is 3.47. The molecule has 6 nitrogen and oxygen atoms in total. The highest BCUT2D eigenvalue weighted by molar-refractivity contribution is 5.81. The van der Waals surface area contributed by atoms with Crippen molar-refractivity contribution in [3.05, 3.63) is 30.1 Å². The second-order valence-electron chi connectivity index (χ2n) is 5.09. The SMILES string of the molecule is CC(=O)N(CCNC(=O)C1CCCO1)Cc1ccncc1. The molecule has 2 amide bonds. The normalized spacial score (nSPS) is 17.5. The summed E-state index contributed by atoms with van der Waals surface area (Å²) in [6, 6.07) is 3.75. The van der Waals surface area contributed by atoms with Crippen LogP contribution in [0.1, 0.15) is 25.3 Å². The van der Waals surface area contributed by atoms with E-state index >= 15 is 0 Å². The third-order valence-corrected chi connectivity index (χ3v) is 3.47. The van der Waals surface area contributed by atoms with Crippen LogP contribution in [0.2, 0.25) is 0 Å². The topological polar surface area (TPSA) is 71.5 Å². The van der Waals surface area contributed by atoms with E-state index in [4.69, 9.17) is 4.74 Å². The second kappa shape index (κ2) is 7.73. The van der Waals surface area contributed by atoms with Crippen LogP contribution in [0.5, 0.6) is 0 Å². The summed E-state index contributed by atoms with van der Waals surface area (Å²) < 4.78 is 5.32. The van der Waals surface area contributed by atoms with Crippen LogP contribution in [-0.2, 0) is 20.9 Å². The van der Waals surface area contributed by atoms with Gasteiger partial charge in [0.2, 0.25) is 11.8 Å². The van der Waals surface area contributed by atoms with Crippen LogP contribution in [-0.4, -0.2) is 47.5 Å². The van der Waals surface area contributed by atoms with Gasteiger partial charge in [0.15, 0.2) is 0 Å². The molecule has 1 aromatic heterocycles. The number of amides is 2. The van der Waals surface area contributed by atoms with Gasteiger partial charge in [-0.1, -0.05) is 0 Å². The van der Waals surface area contributed by atoms with Crippen LogP contribution in [0.3, 0.4) is 0 Å². The standard InChI is InChI=1S/C15H21N3O3/c1-12(19)18(11-13-4-6-16-7-5-13)9-8-17-15(20)14-3-2-10-21-14/h4-7,14H,2-3,8-11H2,1H3,(H,17,20). The lowest BCUT2D eigenvalue weighted by molar-refractivity contribution is -0.132. The monoisotopic (exact) mass is 291 g/mol. The Balaban J connectivity index is 1.77. The Hall–Kier alpha value is -1.95. The Kier molecular flexibility index (Phi) is 5.68. The number of hydrogen-bond acceptors (Lipinski definition) is 4. The Bertz CT molecular complexity index is 472. The number of aromatic nitrogens is 1. The molecule has 6 heteroatoms. The molecule has 1 N–H and O–H groups in total. The number of pyridine rings is 1. The first-order valence-corrected chi connectivity index (χ1v) is 7.20. The molecule has 2 heterocycles. The zero-order valence-corrected chi connectivity index (χ0v) is 12.2. The Morgan fingerprint density at radius 3 is 2.81 bits per heavy atom. The van der Waals surface area contributed by atoms with Gasteiger partial charge in [-0.2, -0.15) is 0 Å². The number of ether oxygens (including phenoxy) is 1. The molecule has 1 aliphatic rings. The number of nitrogens with one attached hydrogen (secondary N) is 1. The summed E-state index contributed by atoms with van der Waals surface area (Å²) in [6.07, 6.45) is 4.79. The van der Waals surface area contributed by atoms with Gasteiger partial charge in [0, 0.05) is 45.6 Å². The first kappa shape index (κ1) is 15.4. The van der Waals surface area contributed by atoms with E-state index in [9.17, 15) is 9.59 Å². The number of rotatable bonds is 6. The first-order chi connectivity index (χ1) is 10.2. The van der Waals surface area contributed by atoms with E-state index in [0.717, 1.165) is 18.4 Å². The largest absolute Gasteiger partial charge is 0.368 e. The van der Waals surface area contributed by atoms with Crippen molar-refractivity contribution in [3.63, 3.8) is 0 Å². The maximum atomic E-state index is 11.8. The van der Waals surface area contributed by atoms with Gasteiger partial charge in [-0.3, -0.25) is 14.6 Å². The molecular weight excluding hydrogens is 270 g/mol. The summed E-state index contributed by atoms with van der Waals surface area (Å²) in [4.78, 5) is 29.1. The minimum atomic E-state index is -0.323. The summed E-state index contributed by atoms with van der Waals surface area (Å²) >= 11 is 0. The molecule has 0 aliphatic carbocycles. The average Bonchev–Trinajstić information content (AvgIpc) is 3.01. The predicted octanol–water partition coefficient (Wildman–Crippen LogP) is 0.725. The van der Waals surface area contributed by atoms with E-state index in [1.165, 1.54) is 6.92 Å². The van der Waals surface area contributed by atoms with Gasteiger partial charge in [-0.15, -0.1) is 0 Å². The summed E-state index contributed by atoms with van der Waals surface area (Å²) in [6.45, 7) is 3.62.